The highest BCUT2D eigenvalue weighted by molar-refractivity contribution is 5.68. The molecule has 0 rings (SSSR count). The standard InChI is InChI=1S/C18H34O3/c1-21-18(20)16-14-12-10-8-6-4-2-3-5-7-9-11-13-15-17-19/h17H,2-16H2,1H3. The number of carbonyl (C=O) groups excluding carboxylic acids is 2. The average Bonchev–Trinajstić information content (AvgIpc) is 2.50. The lowest BCUT2D eigenvalue weighted by Gasteiger charge is -2.03. The summed E-state index contributed by atoms with van der Waals surface area (Å²) in [6.07, 6.45) is 18.6. The lowest BCUT2D eigenvalue weighted by Crippen LogP contribution is -1.99. The molecule has 0 bridgehead atoms. The second kappa shape index (κ2) is 17.2. The van der Waals surface area contributed by atoms with E-state index in [9.17, 15) is 9.59 Å². The summed E-state index contributed by atoms with van der Waals surface area (Å²) >= 11 is 0. The topological polar surface area (TPSA) is 43.4 Å². The van der Waals surface area contributed by atoms with Crippen molar-refractivity contribution in [1.82, 2.24) is 0 Å². The average molecular weight is 298 g/mol. The van der Waals surface area contributed by atoms with Gasteiger partial charge in [-0.1, -0.05) is 70.6 Å². The van der Waals surface area contributed by atoms with E-state index in [4.69, 9.17) is 0 Å². The van der Waals surface area contributed by atoms with Crippen LogP contribution in [-0.2, 0) is 14.3 Å². The second-order valence-electron chi connectivity index (χ2n) is 5.88. The van der Waals surface area contributed by atoms with Crippen molar-refractivity contribution in [3.63, 3.8) is 0 Å². The van der Waals surface area contributed by atoms with Crippen LogP contribution in [0.25, 0.3) is 0 Å². The minimum absolute atomic E-state index is 0.0823. The van der Waals surface area contributed by atoms with Crippen molar-refractivity contribution in [1.29, 1.82) is 0 Å². The first-order valence-electron chi connectivity index (χ1n) is 8.81. The van der Waals surface area contributed by atoms with Crippen LogP contribution in [0.3, 0.4) is 0 Å². The monoisotopic (exact) mass is 298 g/mol. The van der Waals surface area contributed by atoms with E-state index in [1.54, 1.807) is 0 Å². The van der Waals surface area contributed by atoms with Crippen molar-refractivity contribution in [2.45, 2.75) is 96.3 Å². The number of rotatable bonds is 16. The molecule has 0 radical (unpaired) electrons. The number of aldehydes is 1. The molecule has 21 heavy (non-hydrogen) atoms. The van der Waals surface area contributed by atoms with Gasteiger partial charge in [0.25, 0.3) is 0 Å². The van der Waals surface area contributed by atoms with Gasteiger partial charge in [0, 0.05) is 12.8 Å². The molecule has 0 N–H and O–H groups in total. The van der Waals surface area contributed by atoms with E-state index in [0.717, 1.165) is 32.0 Å². The maximum atomic E-state index is 10.9. The van der Waals surface area contributed by atoms with Gasteiger partial charge in [0.05, 0.1) is 7.11 Å². The molecule has 0 aromatic heterocycles. The summed E-state index contributed by atoms with van der Waals surface area (Å²) in [6.45, 7) is 0. The maximum absolute atomic E-state index is 10.9. The third-order valence-corrected chi connectivity index (χ3v) is 3.93. The number of unbranched alkanes of at least 4 members (excludes halogenated alkanes) is 13. The first-order valence-corrected chi connectivity index (χ1v) is 8.81. The molecular weight excluding hydrogens is 264 g/mol. The Hall–Kier alpha value is -0.860. The van der Waals surface area contributed by atoms with E-state index in [0.29, 0.717) is 6.42 Å². The van der Waals surface area contributed by atoms with Gasteiger partial charge in [-0.3, -0.25) is 4.79 Å². The largest absolute Gasteiger partial charge is 0.469 e. The van der Waals surface area contributed by atoms with E-state index in [1.165, 1.54) is 71.3 Å². The van der Waals surface area contributed by atoms with Crippen LogP contribution >= 0.6 is 0 Å². The Kier molecular flexibility index (Phi) is 16.5. The maximum Gasteiger partial charge on any atom is 0.305 e. The van der Waals surface area contributed by atoms with Crippen LogP contribution in [0.2, 0.25) is 0 Å². The molecule has 0 unspecified atom stereocenters. The molecule has 0 aromatic carbocycles. The lowest BCUT2D eigenvalue weighted by atomic mass is 10.0. The van der Waals surface area contributed by atoms with Crippen LogP contribution in [0.15, 0.2) is 0 Å². The molecule has 0 saturated heterocycles. The molecule has 0 atom stereocenters. The zero-order valence-corrected chi connectivity index (χ0v) is 13.9. The Bertz CT molecular complexity index is 239. The minimum Gasteiger partial charge on any atom is -0.469 e. The van der Waals surface area contributed by atoms with Crippen molar-refractivity contribution in [3.8, 4) is 0 Å². The van der Waals surface area contributed by atoms with Crippen molar-refractivity contribution in [2.75, 3.05) is 7.11 Å². The van der Waals surface area contributed by atoms with E-state index in [-0.39, 0.29) is 5.97 Å². The molecule has 0 amide bonds. The highest BCUT2D eigenvalue weighted by Gasteiger charge is 1.99. The third-order valence-electron chi connectivity index (χ3n) is 3.93. The summed E-state index contributed by atoms with van der Waals surface area (Å²) in [5.41, 5.74) is 0. The van der Waals surface area contributed by atoms with Gasteiger partial charge in [-0.15, -0.1) is 0 Å². The highest BCUT2D eigenvalue weighted by Crippen LogP contribution is 2.13. The van der Waals surface area contributed by atoms with Crippen molar-refractivity contribution < 1.29 is 14.3 Å². The summed E-state index contributed by atoms with van der Waals surface area (Å²) in [5.74, 6) is -0.0823. The molecule has 3 nitrogen and oxygen atoms in total. The van der Waals surface area contributed by atoms with Gasteiger partial charge in [0.2, 0.25) is 0 Å². The Balaban J connectivity index is 2.99. The first-order chi connectivity index (χ1) is 10.3. The number of esters is 1. The van der Waals surface area contributed by atoms with Crippen LogP contribution < -0.4 is 0 Å². The Morgan fingerprint density at radius 3 is 1.48 bits per heavy atom. The molecule has 3 heteroatoms. The van der Waals surface area contributed by atoms with Crippen molar-refractivity contribution in [2.24, 2.45) is 0 Å². The fourth-order valence-corrected chi connectivity index (χ4v) is 2.54. The van der Waals surface area contributed by atoms with E-state index < -0.39 is 0 Å². The molecule has 0 heterocycles. The zero-order chi connectivity index (χ0) is 15.6. The fraction of sp³-hybridized carbons (Fsp3) is 0.889. The van der Waals surface area contributed by atoms with Crippen LogP contribution in [-0.4, -0.2) is 19.4 Å². The number of hydrogen-bond acceptors (Lipinski definition) is 3. The quantitative estimate of drug-likeness (QED) is 0.223. The SMILES string of the molecule is COC(=O)CCCCCCCCCCCCCCCC=O. The van der Waals surface area contributed by atoms with Crippen molar-refractivity contribution in [3.05, 3.63) is 0 Å². The number of methoxy groups -OCH3 is 1. The molecule has 0 fully saturated rings. The predicted molar refractivity (Wildman–Crippen MR) is 87.3 cm³/mol. The Labute approximate surface area is 130 Å². The first kappa shape index (κ1) is 20.1. The third kappa shape index (κ3) is 17.1. The molecule has 124 valence electrons. The van der Waals surface area contributed by atoms with Crippen LogP contribution in [0.4, 0.5) is 0 Å². The Morgan fingerprint density at radius 1 is 0.714 bits per heavy atom. The predicted octanol–water partition coefficient (Wildman–Crippen LogP) is 5.21. The summed E-state index contributed by atoms with van der Waals surface area (Å²) in [4.78, 5) is 21.1. The molecular formula is C18H34O3. The van der Waals surface area contributed by atoms with E-state index >= 15 is 0 Å². The van der Waals surface area contributed by atoms with E-state index in [1.807, 2.05) is 0 Å². The fourth-order valence-electron chi connectivity index (χ4n) is 2.54. The Morgan fingerprint density at radius 2 is 1.10 bits per heavy atom. The number of ether oxygens (including phenoxy) is 1. The van der Waals surface area contributed by atoms with Gasteiger partial charge in [0.1, 0.15) is 6.29 Å². The summed E-state index contributed by atoms with van der Waals surface area (Å²) in [6, 6.07) is 0. The van der Waals surface area contributed by atoms with Crippen molar-refractivity contribution >= 4 is 12.3 Å². The normalized spacial score (nSPS) is 10.5. The lowest BCUT2D eigenvalue weighted by molar-refractivity contribution is -0.140. The van der Waals surface area contributed by atoms with Crippen LogP contribution in [0.1, 0.15) is 96.3 Å². The molecule has 0 spiro atoms. The van der Waals surface area contributed by atoms with E-state index in [2.05, 4.69) is 4.74 Å². The van der Waals surface area contributed by atoms with Gasteiger partial charge < -0.3 is 9.53 Å². The number of hydrogen-bond donors (Lipinski definition) is 0. The summed E-state index contributed by atoms with van der Waals surface area (Å²) < 4.78 is 4.61. The molecule has 0 aliphatic heterocycles. The van der Waals surface area contributed by atoms with Crippen LogP contribution in [0, 0.1) is 0 Å². The van der Waals surface area contributed by atoms with Gasteiger partial charge in [-0.25, -0.2) is 0 Å². The molecule has 0 aliphatic rings. The van der Waals surface area contributed by atoms with Gasteiger partial charge in [-0.2, -0.15) is 0 Å². The van der Waals surface area contributed by atoms with Gasteiger partial charge in [-0.05, 0) is 12.8 Å². The number of carbonyl (C=O) groups is 2. The van der Waals surface area contributed by atoms with Gasteiger partial charge >= 0.3 is 5.97 Å². The summed E-state index contributed by atoms with van der Waals surface area (Å²) in [5, 5.41) is 0. The zero-order valence-electron chi connectivity index (χ0n) is 13.9. The summed E-state index contributed by atoms with van der Waals surface area (Å²) in [7, 11) is 1.45. The smallest absolute Gasteiger partial charge is 0.305 e. The van der Waals surface area contributed by atoms with Gasteiger partial charge in [0.15, 0.2) is 0 Å². The molecule has 0 aliphatic carbocycles. The minimum atomic E-state index is -0.0823. The van der Waals surface area contributed by atoms with Crippen LogP contribution in [0.5, 0.6) is 0 Å². The molecule has 0 saturated carbocycles. The second-order valence-corrected chi connectivity index (χ2v) is 5.88. The highest BCUT2D eigenvalue weighted by atomic mass is 16.5. The molecule has 0 aromatic rings.